The summed E-state index contributed by atoms with van der Waals surface area (Å²) in [4.78, 5) is 11.5. The summed E-state index contributed by atoms with van der Waals surface area (Å²) < 4.78 is 50.3. The fraction of sp³-hybridized carbons (Fsp3) is 0.364. The van der Waals surface area contributed by atoms with E-state index in [-0.39, 0.29) is 18.2 Å². The maximum atomic E-state index is 13.0. The number of hydrogen-bond acceptors (Lipinski definition) is 2. The monoisotopic (exact) mass is 264 g/mol. The van der Waals surface area contributed by atoms with Gasteiger partial charge in [-0.1, -0.05) is 0 Å². The van der Waals surface area contributed by atoms with Crippen LogP contribution < -0.4 is 11.1 Å². The predicted molar refractivity (Wildman–Crippen MR) is 57.4 cm³/mol. The highest BCUT2D eigenvalue weighted by Gasteiger charge is 2.34. The molecule has 0 fully saturated rings. The number of carbonyl (C=O) groups excluding carboxylic acids is 1. The number of nitrogens with one attached hydrogen (secondary N) is 1. The summed E-state index contributed by atoms with van der Waals surface area (Å²) in [6.45, 7) is 1.76. The van der Waals surface area contributed by atoms with Gasteiger partial charge in [-0.25, -0.2) is 4.39 Å². The first-order valence-corrected chi connectivity index (χ1v) is 5.13. The lowest BCUT2D eigenvalue weighted by molar-refractivity contribution is -0.140. The van der Waals surface area contributed by atoms with Crippen molar-refractivity contribution in [2.75, 3.05) is 6.54 Å². The van der Waals surface area contributed by atoms with Crippen molar-refractivity contribution in [3.05, 3.63) is 35.1 Å². The molecule has 0 aromatic heterocycles. The predicted octanol–water partition coefficient (Wildman–Crippen LogP) is 1.92. The van der Waals surface area contributed by atoms with Crippen LogP contribution in [0.2, 0.25) is 0 Å². The highest BCUT2D eigenvalue weighted by Crippen LogP contribution is 2.31. The van der Waals surface area contributed by atoms with E-state index in [2.05, 4.69) is 5.32 Å². The molecule has 0 aliphatic carbocycles. The molecule has 0 aliphatic heterocycles. The van der Waals surface area contributed by atoms with Crippen LogP contribution >= 0.6 is 0 Å². The summed E-state index contributed by atoms with van der Waals surface area (Å²) in [6, 6.07) is 1.71. The lowest BCUT2D eigenvalue weighted by atomic mass is 10.1. The molecule has 0 unspecified atom stereocenters. The van der Waals surface area contributed by atoms with E-state index in [1.165, 1.54) is 0 Å². The standard InChI is InChI=1S/C11H12F4N2O/c1-6(5-16)17-10(18)7-2-3-9(12)8(4-7)11(13,14)15/h2-4,6H,5,16H2,1H3,(H,17,18)/t6-/m0/s1. The van der Waals surface area contributed by atoms with Crippen molar-refractivity contribution in [1.82, 2.24) is 5.32 Å². The fourth-order valence-electron chi connectivity index (χ4n) is 1.25. The maximum Gasteiger partial charge on any atom is 0.419 e. The van der Waals surface area contributed by atoms with E-state index in [0.717, 1.165) is 6.07 Å². The van der Waals surface area contributed by atoms with Crippen LogP contribution in [0.1, 0.15) is 22.8 Å². The van der Waals surface area contributed by atoms with Crippen molar-refractivity contribution in [2.24, 2.45) is 5.73 Å². The van der Waals surface area contributed by atoms with Gasteiger partial charge < -0.3 is 11.1 Å². The second kappa shape index (κ2) is 5.34. The molecule has 18 heavy (non-hydrogen) atoms. The molecule has 0 aliphatic rings. The third kappa shape index (κ3) is 3.43. The van der Waals surface area contributed by atoms with Gasteiger partial charge in [0.2, 0.25) is 0 Å². The Labute approximate surface area is 101 Å². The topological polar surface area (TPSA) is 55.1 Å². The zero-order chi connectivity index (χ0) is 13.9. The van der Waals surface area contributed by atoms with E-state index in [1.54, 1.807) is 6.92 Å². The average molecular weight is 264 g/mol. The minimum atomic E-state index is -4.83. The van der Waals surface area contributed by atoms with Crippen molar-refractivity contribution < 1.29 is 22.4 Å². The zero-order valence-corrected chi connectivity index (χ0v) is 9.51. The second-order valence-electron chi connectivity index (χ2n) is 3.80. The molecule has 100 valence electrons. The summed E-state index contributed by atoms with van der Waals surface area (Å²) in [5.41, 5.74) is 3.54. The molecule has 1 rings (SSSR count). The molecule has 0 saturated carbocycles. The van der Waals surface area contributed by atoms with Gasteiger partial charge in [-0.05, 0) is 25.1 Å². The Balaban J connectivity index is 3.02. The minimum Gasteiger partial charge on any atom is -0.348 e. The molecule has 1 aromatic rings. The zero-order valence-electron chi connectivity index (χ0n) is 9.51. The number of nitrogens with two attached hydrogens (primary N) is 1. The van der Waals surface area contributed by atoms with E-state index in [4.69, 9.17) is 5.73 Å². The van der Waals surface area contributed by atoms with Crippen molar-refractivity contribution in [1.29, 1.82) is 0 Å². The Morgan fingerprint density at radius 2 is 2.06 bits per heavy atom. The minimum absolute atomic E-state index is 0.152. The summed E-state index contributed by atoms with van der Waals surface area (Å²) >= 11 is 0. The summed E-state index contributed by atoms with van der Waals surface area (Å²) in [5, 5.41) is 2.39. The Hall–Kier alpha value is -1.63. The van der Waals surface area contributed by atoms with Crippen LogP contribution in [0, 0.1) is 5.82 Å². The molecular weight excluding hydrogens is 252 g/mol. The van der Waals surface area contributed by atoms with Crippen LogP contribution in [0.15, 0.2) is 18.2 Å². The van der Waals surface area contributed by atoms with Gasteiger partial charge in [-0.2, -0.15) is 13.2 Å². The van der Waals surface area contributed by atoms with Crippen LogP contribution in [0.25, 0.3) is 0 Å². The molecule has 1 aromatic carbocycles. The van der Waals surface area contributed by atoms with Crippen molar-refractivity contribution in [3.8, 4) is 0 Å². The molecule has 7 heteroatoms. The van der Waals surface area contributed by atoms with Gasteiger partial charge in [-0.3, -0.25) is 4.79 Å². The van der Waals surface area contributed by atoms with Gasteiger partial charge in [-0.15, -0.1) is 0 Å². The van der Waals surface area contributed by atoms with Gasteiger partial charge in [0.25, 0.3) is 5.91 Å². The Morgan fingerprint density at radius 3 is 2.56 bits per heavy atom. The van der Waals surface area contributed by atoms with Crippen molar-refractivity contribution >= 4 is 5.91 Å². The Kier molecular flexibility index (Phi) is 4.28. The van der Waals surface area contributed by atoms with Crippen LogP contribution in [0.3, 0.4) is 0 Å². The van der Waals surface area contributed by atoms with Crippen LogP contribution in [0.5, 0.6) is 0 Å². The van der Waals surface area contributed by atoms with Gasteiger partial charge in [0.05, 0.1) is 5.56 Å². The molecule has 0 radical (unpaired) electrons. The molecule has 0 saturated heterocycles. The number of rotatable bonds is 3. The molecular formula is C11H12F4N2O. The quantitative estimate of drug-likeness (QED) is 0.819. The highest BCUT2D eigenvalue weighted by molar-refractivity contribution is 5.94. The fourth-order valence-corrected chi connectivity index (χ4v) is 1.25. The number of benzene rings is 1. The lowest BCUT2D eigenvalue weighted by Crippen LogP contribution is -2.37. The number of alkyl halides is 3. The van der Waals surface area contributed by atoms with Crippen LogP contribution in [0.4, 0.5) is 17.6 Å². The Morgan fingerprint density at radius 1 is 1.44 bits per heavy atom. The van der Waals surface area contributed by atoms with Crippen LogP contribution in [-0.2, 0) is 6.18 Å². The number of amides is 1. The van der Waals surface area contributed by atoms with E-state index in [1.807, 2.05) is 0 Å². The van der Waals surface area contributed by atoms with Crippen molar-refractivity contribution in [3.63, 3.8) is 0 Å². The molecule has 3 nitrogen and oxygen atoms in total. The molecule has 1 amide bonds. The van der Waals surface area contributed by atoms with Gasteiger partial charge in [0.1, 0.15) is 5.82 Å². The van der Waals surface area contributed by atoms with Crippen molar-refractivity contribution in [2.45, 2.75) is 19.1 Å². The lowest BCUT2D eigenvalue weighted by Gasteiger charge is -2.13. The average Bonchev–Trinajstić information content (AvgIpc) is 2.27. The van der Waals surface area contributed by atoms with Gasteiger partial charge in [0.15, 0.2) is 0 Å². The molecule has 0 spiro atoms. The van der Waals surface area contributed by atoms with Gasteiger partial charge >= 0.3 is 6.18 Å². The molecule has 3 N–H and O–H groups in total. The first kappa shape index (κ1) is 14.4. The SMILES string of the molecule is C[C@@H](CN)NC(=O)c1ccc(F)c(C(F)(F)F)c1. The van der Waals surface area contributed by atoms with E-state index < -0.39 is 23.5 Å². The van der Waals surface area contributed by atoms with E-state index in [9.17, 15) is 22.4 Å². The highest BCUT2D eigenvalue weighted by atomic mass is 19.4. The first-order valence-electron chi connectivity index (χ1n) is 5.13. The molecule has 1 atom stereocenters. The summed E-state index contributed by atoms with van der Waals surface area (Å²) in [5.74, 6) is -2.13. The number of carbonyl (C=O) groups is 1. The number of hydrogen-bond donors (Lipinski definition) is 2. The molecule has 0 bridgehead atoms. The normalized spacial score (nSPS) is 13.2. The smallest absolute Gasteiger partial charge is 0.348 e. The third-order valence-electron chi connectivity index (χ3n) is 2.26. The maximum absolute atomic E-state index is 13.0. The largest absolute Gasteiger partial charge is 0.419 e. The third-order valence-corrected chi connectivity index (χ3v) is 2.26. The molecule has 0 heterocycles. The Bertz CT molecular complexity index is 445. The van der Waals surface area contributed by atoms with E-state index >= 15 is 0 Å². The summed E-state index contributed by atoms with van der Waals surface area (Å²) in [6.07, 6.45) is -4.83. The van der Waals surface area contributed by atoms with Gasteiger partial charge in [0, 0.05) is 18.2 Å². The van der Waals surface area contributed by atoms with E-state index in [0.29, 0.717) is 12.1 Å². The number of halogens is 4. The summed E-state index contributed by atoms with van der Waals surface area (Å²) in [7, 11) is 0. The van der Waals surface area contributed by atoms with Crippen LogP contribution in [-0.4, -0.2) is 18.5 Å². The second-order valence-corrected chi connectivity index (χ2v) is 3.80. The first-order chi connectivity index (χ1) is 8.25.